The summed E-state index contributed by atoms with van der Waals surface area (Å²) in [7, 11) is 0. The minimum atomic E-state index is -2.69. The highest BCUT2D eigenvalue weighted by Gasteiger charge is 2.65. The molecule has 0 aromatic carbocycles. The molecule has 1 amide bonds. The fourth-order valence-corrected chi connectivity index (χ4v) is 4.26. The summed E-state index contributed by atoms with van der Waals surface area (Å²) < 4.78 is 16.2. The maximum atomic E-state index is 12.5. The van der Waals surface area contributed by atoms with Crippen molar-refractivity contribution in [2.75, 3.05) is 13.2 Å². The number of carbonyl (C=O) groups is 3. The van der Waals surface area contributed by atoms with Gasteiger partial charge in [-0.3, -0.25) is 9.59 Å². The van der Waals surface area contributed by atoms with Gasteiger partial charge in [0.15, 0.2) is 17.7 Å². The Hall–Kier alpha value is -1.79. The van der Waals surface area contributed by atoms with Crippen LogP contribution in [0.3, 0.4) is 0 Å². The number of rotatable bonds is 8. The Kier molecular flexibility index (Phi) is 8.74. The fourth-order valence-electron chi connectivity index (χ4n) is 4.26. The number of carboxylic acids is 1. The molecule has 0 saturated carbocycles. The van der Waals surface area contributed by atoms with Crippen LogP contribution in [0.25, 0.3) is 0 Å². The van der Waals surface area contributed by atoms with E-state index in [9.17, 15) is 50.1 Å². The largest absolute Gasteiger partial charge is 0.479 e. The molecule has 0 aromatic heterocycles. The fraction of sp³-hybridized carbons (Fsp3) is 0.842. The molecular formula is C19H32N2O13. The molecule has 34 heavy (non-hydrogen) atoms. The number of carbonyl (C=O) groups excluding carboxylic acids is 2. The first-order valence-corrected chi connectivity index (χ1v) is 10.4. The van der Waals surface area contributed by atoms with Gasteiger partial charge < -0.3 is 61.0 Å². The van der Waals surface area contributed by atoms with Crippen molar-refractivity contribution < 1.29 is 64.3 Å². The van der Waals surface area contributed by atoms with E-state index in [1.807, 2.05) is 0 Å². The third-order valence-electron chi connectivity index (χ3n) is 6.28. The zero-order chi connectivity index (χ0) is 26.2. The molecule has 196 valence electrons. The summed E-state index contributed by atoms with van der Waals surface area (Å²) in [6.45, 7) is 1.18. The van der Waals surface area contributed by atoms with Crippen molar-refractivity contribution in [1.29, 1.82) is 0 Å². The van der Waals surface area contributed by atoms with E-state index in [0.29, 0.717) is 0 Å². The van der Waals surface area contributed by atoms with Gasteiger partial charge in [-0.25, -0.2) is 4.79 Å². The average Bonchev–Trinajstić information content (AvgIpc) is 2.76. The predicted octanol–water partition coefficient (Wildman–Crippen LogP) is -5.44. The maximum absolute atomic E-state index is 12.5. The Morgan fingerprint density at radius 2 is 1.56 bits per heavy atom. The van der Waals surface area contributed by atoms with Crippen molar-refractivity contribution in [3.05, 3.63) is 0 Å². The number of aliphatic carboxylic acids is 1. The number of hydrogen-bond acceptors (Lipinski definition) is 13. The molecule has 2 aliphatic heterocycles. The van der Waals surface area contributed by atoms with Crippen LogP contribution < -0.4 is 11.1 Å². The van der Waals surface area contributed by atoms with Crippen molar-refractivity contribution in [2.45, 2.75) is 87.0 Å². The number of carboxylic acid groups (broad SMARTS) is 1. The van der Waals surface area contributed by atoms with Crippen LogP contribution >= 0.6 is 0 Å². The average molecular weight is 496 g/mol. The van der Waals surface area contributed by atoms with E-state index in [2.05, 4.69) is 5.32 Å². The van der Waals surface area contributed by atoms with Gasteiger partial charge in [0.25, 0.3) is 0 Å². The van der Waals surface area contributed by atoms with E-state index in [0.717, 1.165) is 20.8 Å². The number of aliphatic hydroxyl groups excluding tert-OH is 6. The molecule has 15 heteroatoms. The van der Waals surface area contributed by atoms with Crippen molar-refractivity contribution in [3.63, 3.8) is 0 Å². The van der Waals surface area contributed by atoms with E-state index in [1.54, 1.807) is 0 Å². The summed E-state index contributed by atoms with van der Waals surface area (Å²) in [5, 5.41) is 73.2. The van der Waals surface area contributed by atoms with Crippen LogP contribution in [0.15, 0.2) is 0 Å². The lowest BCUT2D eigenvalue weighted by atomic mass is 9.71. The number of ether oxygens (including phenoxy) is 3. The van der Waals surface area contributed by atoms with Crippen molar-refractivity contribution in [3.8, 4) is 0 Å². The second-order valence-electron chi connectivity index (χ2n) is 8.62. The molecule has 2 unspecified atom stereocenters. The number of aliphatic hydroxyl groups is 6. The lowest BCUT2D eigenvalue weighted by Gasteiger charge is -2.53. The van der Waals surface area contributed by atoms with E-state index in [4.69, 9.17) is 19.9 Å². The van der Waals surface area contributed by atoms with Crippen LogP contribution in [0.5, 0.6) is 0 Å². The first-order valence-electron chi connectivity index (χ1n) is 10.4. The number of nitrogens with two attached hydrogens (primary N) is 1. The zero-order valence-corrected chi connectivity index (χ0v) is 18.8. The molecule has 0 aliphatic carbocycles. The van der Waals surface area contributed by atoms with E-state index in [1.165, 1.54) is 0 Å². The standard InChI is InChI=1S/C19H32N2O13/c1-6(24)19(20)14(28)12(27)9(5-23)33-16(19)18(3,17(30)31)34-13-10(21-7(2)25)15(29)32-8(4-22)11(13)26/h8-16,22-23,26-29H,4-5,20H2,1-3H3,(H,21,25)(H,30,31)/t8-,9-,10-,11-,12-,13-,14+,15+,16?,18?,19-/m1/s1. The van der Waals surface area contributed by atoms with Gasteiger partial charge >= 0.3 is 5.97 Å². The SMILES string of the molecule is CC(=O)N[C@@H]1[C@@H](OC(C)(C(=O)O)C2O[C@H](CO)[C@@H](O)[C@H](O)[C@]2(N)C(C)=O)[C@H](O)[C@@H](CO)O[C@@H]1O. The summed E-state index contributed by atoms with van der Waals surface area (Å²) in [6, 6.07) is -1.55. The molecule has 2 rings (SSSR count). The monoisotopic (exact) mass is 496 g/mol. The van der Waals surface area contributed by atoms with Crippen LogP contribution in [-0.4, -0.2) is 133 Å². The number of Topliss-reactive ketones (excluding diaryl/α,β-unsaturated/α-hetero) is 1. The molecule has 2 aliphatic rings. The van der Waals surface area contributed by atoms with Crippen molar-refractivity contribution in [2.24, 2.45) is 5.73 Å². The van der Waals surface area contributed by atoms with Crippen LogP contribution in [0.4, 0.5) is 0 Å². The summed E-state index contributed by atoms with van der Waals surface area (Å²) in [4.78, 5) is 36.6. The highest BCUT2D eigenvalue weighted by atomic mass is 16.6. The Morgan fingerprint density at radius 1 is 1.03 bits per heavy atom. The van der Waals surface area contributed by atoms with E-state index >= 15 is 0 Å². The lowest BCUT2D eigenvalue weighted by Crippen LogP contribution is -2.80. The van der Waals surface area contributed by atoms with Gasteiger partial charge in [0.2, 0.25) is 5.91 Å². The summed E-state index contributed by atoms with van der Waals surface area (Å²) >= 11 is 0. The quantitative estimate of drug-likeness (QED) is 0.152. The number of hydrogen-bond donors (Lipinski definition) is 9. The van der Waals surface area contributed by atoms with Crippen LogP contribution in [0.1, 0.15) is 20.8 Å². The normalized spacial score (nSPS) is 42.5. The summed E-state index contributed by atoms with van der Waals surface area (Å²) in [5.41, 5.74) is 0.852. The number of ketones is 1. The van der Waals surface area contributed by atoms with E-state index < -0.39 is 97.1 Å². The molecule has 11 atom stereocenters. The molecule has 2 fully saturated rings. The van der Waals surface area contributed by atoms with Crippen LogP contribution in [0, 0.1) is 0 Å². The molecule has 2 heterocycles. The zero-order valence-electron chi connectivity index (χ0n) is 18.8. The van der Waals surface area contributed by atoms with E-state index in [-0.39, 0.29) is 0 Å². The van der Waals surface area contributed by atoms with Gasteiger partial charge in [0.1, 0.15) is 54.3 Å². The predicted molar refractivity (Wildman–Crippen MR) is 108 cm³/mol. The number of amides is 1. The molecule has 10 N–H and O–H groups in total. The third kappa shape index (κ3) is 4.81. The van der Waals surface area contributed by atoms with Crippen LogP contribution in [0.2, 0.25) is 0 Å². The summed E-state index contributed by atoms with van der Waals surface area (Å²) in [5.74, 6) is -3.50. The first-order chi connectivity index (χ1) is 15.7. The Balaban J connectivity index is 2.60. The second kappa shape index (κ2) is 10.4. The minimum Gasteiger partial charge on any atom is -0.479 e. The maximum Gasteiger partial charge on any atom is 0.338 e. The van der Waals surface area contributed by atoms with Crippen molar-refractivity contribution in [1.82, 2.24) is 5.32 Å². The van der Waals surface area contributed by atoms with Gasteiger partial charge in [-0.05, 0) is 13.8 Å². The smallest absolute Gasteiger partial charge is 0.338 e. The molecular weight excluding hydrogens is 464 g/mol. The van der Waals surface area contributed by atoms with Gasteiger partial charge in [-0.2, -0.15) is 0 Å². The van der Waals surface area contributed by atoms with Gasteiger partial charge in [-0.1, -0.05) is 0 Å². The van der Waals surface area contributed by atoms with Crippen molar-refractivity contribution >= 4 is 17.7 Å². The first kappa shape index (κ1) is 28.4. The van der Waals surface area contributed by atoms with Gasteiger partial charge in [-0.15, -0.1) is 0 Å². The van der Waals surface area contributed by atoms with Gasteiger partial charge in [0.05, 0.1) is 13.2 Å². The summed E-state index contributed by atoms with van der Waals surface area (Å²) in [6.07, 6.45) is -14.5. The Morgan fingerprint density at radius 3 is 2.00 bits per heavy atom. The number of nitrogens with one attached hydrogen (secondary N) is 1. The lowest BCUT2D eigenvalue weighted by molar-refractivity contribution is -0.305. The molecule has 2 saturated heterocycles. The highest BCUT2D eigenvalue weighted by Crippen LogP contribution is 2.39. The van der Waals surface area contributed by atoms with Gasteiger partial charge in [0, 0.05) is 6.92 Å². The van der Waals surface area contributed by atoms with Crippen LogP contribution in [-0.2, 0) is 28.6 Å². The highest BCUT2D eigenvalue weighted by molar-refractivity contribution is 5.90. The Bertz CT molecular complexity index is 783. The minimum absolute atomic E-state index is 0.711. The second-order valence-corrected chi connectivity index (χ2v) is 8.62. The molecule has 0 spiro atoms. The topological polar surface area (TPSA) is 259 Å². The molecule has 0 bridgehead atoms. The Labute approximate surface area is 194 Å². The third-order valence-corrected chi connectivity index (χ3v) is 6.28. The molecule has 15 nitrogen and oxygen atoms in total. The molecule has 0 radical (unpaired) electrons. The molecule has 0 aromatic rings.